The number of hydrogen-bond acceptors (Lipinski definition) is 3. The molecule has 0 amide bonds. The number of rotatable bonds is 5. The molecule has 2 aromatic heterocycles. The van der Waals surface area contributed by atoms with E-state index < -0.39 is 46.0 Å². The number of halogens is 3. The summed E-state index contributed by atoms with van der Waals surface area (Å²) in [5.41, 5.74) is -0.765. The summed E-state index contributed by atoms with van der Waals surface area (Å²) in [5, 5.41) is 0.420. The minimum Gasteiger partial charge on any atom is -0.587 e. The van der Waals surface area contributed by atoms with Gasteiger partial charge in [-0.2, -0.15) is 0 Å². The number of aromatic amines is 1. The molecule has 166 valence electrons. The van der Waals surface area contributed by atoms with Crippen molar-refractivity contribution >= 4 is 33.7 Å². The predicted molar refractivity (Wildman–Crippen MR) is 109 cm³/mol. The molecule has 2 unspecified atom stereocenters. The number of pyridine rings is 1. The largest absolute Gasteiger partial charge is 0.587 e. The Kier molecular flexibility index (Phi) is 8.97. The molecular weight excluding hydrogens is 601 g/mol. The van der Waals surface area contributed by atoms with Crippen molar-refractivity contribution in [3.8, 4) is 0 Å². The molecule has 1 saturated heterocycles. The predicted octanol–water partition coefficient (Wildman–Crippen LogP) is 4.72. The Morgan fingerprint density at radius 1 is 1.29 bits per heavy atom. The van der Waals surface area contributed by atoms with E-state index in [9.17, 15) is 22.2 Å². The Hall–Kier alpha value is -2.03. The van der Waals surface area contributed by atoms with Crippen LogP contribution in [0, 0.1) is 11.6 Å². The number of aromatic nitrogens is 2. The van der Waals surface area contributed by atoms with E-state index in [1.54, 1.807) is 12.1 Å². The maximum Gasteiger partial charge on any atom is 0.201 e. The number of carbonyl (C=O) groups excluding carboxylic acids is 1. The van der Waals surface area contributed by atoms with Gasteiger partial charge in [0, 0.05) is 68.7 Å². The Bertz CT molecular complexity index is 1100. The topological polar surface area (TPSA) is 80.2 Å². The van der Waals surface area contributed by atoms with Crippen LogP contribution in [-0.2, 0) is 32.2 Å². The number of alkyl halides is 1. The number of fused-ring (bicyclic) bond motifs is 1. The summed E-state index contributed by atoms with van der Waals surface area (Å²) in [7, 11) is 0. The molecule has 3 heterocycles. The van der Waals surface area contributed by atoms with Crippen LogP contribution >= 0.6 is 0 Å². The van der Waals surface area contributed by atoms with E-state index >= 15 is 0 Å². The van der Waals surface area contributed by atoms with Gasteiger partial charge in [-0.15, -0.1) is 0 Å². The van der Waals surface area contributed by atoms with Gasteiger partial charge >= 0.3 is 0 Å². The first-order chi connectivity index (χ1) is 14.5. The summed E-state index contributed by atoms with van der Waals surface area (Å²) in [5.74, 6) is -3.16. The molecule has 11 heteroatoms. The van der Waals surface area contributed by atoms with Crippen LogP contribution in [0.3, 0.4) is 0 Å². The first-order valence-electron chi connectivity index (χ1n) is 9.43. The minimum absolute atomic E-state index is 0. The molecule has 6 nitrogen and oxygen atoms in total. The third kappa shape index (κ3) is 5.24. The number of nitrogens with zero attached hydrogens (tertiary/aromatic N) is 3. The van der Waals surface area contributed by atoms with Gasteiger partial charge in [0.1, 0.15) is 23.5 Å². The van der Waals surface area contributed by atoms with Crippen molar-refractivity contribution in [3.05, 3.63) is 64.1 Å². The molecule has 4 rings (SSSR count). The van der Waals surface area contributed by atoms with E-state index in [-0.39, 0.29) is 46.1 Å². The number of benzene rings is 1. The van der Waals surface area contributed by atoms with Crippen molar-refractivity contribution < 1.29 is 43.2 Å². The maximum absolute atomic E-state index is 14.9. The van der Waals surface area contributed by atoms with Crippen LogP contribution in [0.4, 0.5) is 18.9 Å². The normalized spacial score (nSPS) is 16.9. The molecule has 3 aromatic rings. The molecule has 0 bridgehead atoms. The Morgan fingerprint density at radius 3 is 2.71 bits per heavy atom. The average molecular weight is 621 g/mol. The summed E-state index contributed by atoms with van der Waals surface area (Å²) < 4.78 is 59.7. The van der Waals surface area contributed by atoms with E-state index in [0.29, 0.717) is 11.0 Å². The van der Waals surface area contributed by atoms with Crippen LogP contribution in [0.2, 0.25) is 0 Å². The zero-order valence-electron chi connectivity index (χ0n) is 16.8. The van der Waals surface area contributed by atoms with Crippen molar-refractivity contribution in [2.75, 3.05) is 13.1 Å². The van der Waals surface area contributed by atoms with Crippen molar-refractivity contribution in [3.63, 3.8) is 0 Å². The second-order valence-electron chi connectivity index (χ2n) is 6.28. The fourth-order valence-corrected chi connectivity index (χ4v) is 4.05. The molecule has 0 saturated carbocycles. The van der Waals surface area contributed by atoms with Crippen LogP contribution in [0.15, 0.2) is 36.7 Å². The van der Waals surface area contributed by atoms with Crippen molar-refractivity contribution in [2.24, 2.45) is 0 Å². The summed E-state index contributed by atoms with van der Waals surface area (Å²) in [4.78, 5) is 19.6. The molecule has 1 aliphatic heterocycles. The molecule has 0 radical (unpaired) electrons. The van der Waals surface area contributed by atoms with Gasteiger partial charge in [-0.1, -0.05) is 25.6 Å². The molecule has 1 aromatic carbocycles. The van der Waals surface area contributed by atoms with Gasteiger partial charge in [0.2, 0.25) is 5.78 Å². The van der Waals surface area contributed by atoms with Gasteiger partial charge in [0.15, 0.2) is 0 Å². The number of ketones is 1. The van der Waals surface area contributed by atoms with Crippen LogP contribution in [0.25, 0.3) is 15.8 Å². The summed E-state index contributed by atoms with van der Waals surface area (Å²) >= 11 is -2.04. The first kappa shape index (κ1) is 25.2. The molecule has 1 fully saturated rings. The van der Waals surface area contributed by atoms with Crippen molar-refractivity contribution in [1.29, 1.82) is 0 Å². The number of H-pyrrole nitrogens is 1. The van der Waals surface area contributed by atoms with E-state index in [1.807, 2.05) is 13.8 Å². The smallest absolute Gasteiger partial charge is 0.201 e. The van der Waals surface area contributed by atoms with E-state index in [4.69, 9.17) is 0 Å². The van der Waals surface area contributed by atoms with Gasteiger partial charge in [0.25, 0.3) is 0 Å². The zero-order valence-corrected chi connectivity index (χ0v) is 20.5. The molecule has 31 heavy (non-hydrogen) atoms. The molecule has 0 aliphatic carbocycles. The number of nitrogens with one attached hydrogen (secondary N) is 1. The van der Waals surface area contributed by atoms with Crippen LogP contribution in [0.1, 0.15) is 36.2 Å². The van der Waals surface area contributed by atoms with Crippen LogP contribution in [-0.4, -0.2) is 43.5 Å². The van der Waals surface area contributed by atoms with Gasteiger partial charge in [0.05, 0.1) is 5.56 Å². The third-order valence-electron chi connectivity index (χ3n) is 4.48. The monoisotopic (exact) mass is 621 g/mol. The van der Waals surface area contributed by atoms with Gasteiger partial charge < -0.3 is 9.71 Å². The molecule has 1 N–H and O–H groups in total. The summed E-state index contributed by atoms with van der Waals surface area (Å²) in [6.45, 7) is 4.14. The summed E-state index contributed by atoms with van der Waals surface area (Å²) in [6, 6.07) is 5.09. The standard InChI is InChI=1S/C18H14F3N4O2S.C2H6.W/c19-10-5-7-25(9-10)28(27)24-14-4-3-13(20)15(16(14)21)17(26)12-8-23-18-11(12)2-1-6-22-18;1-2;/h1-4,6,8,10H,5,7,9H2,(H,22,23,26);1-2H3;/q-1;;. The fraction of sp³-hybridized carbons (Fsp3) is 0.300. The SMILES string of the molecule is CC.O=C(c1c(F)ccc([N-]S(=O)N2CCC(F)C2)c1F)c1c[nH]c2ncccc12.[W]. The first-order valence-corrected chi connectivity index (χ1v) is 10.5. The summed E-state index contributed by atoms with van der Waals surface area (Å²) in [6.07, 6.45) is 1.94. The van der Waals surface area contributed by atoms with E-state index in [2.05, 4.69) is 14.7 Å². The number of hydrogen-bond donors (Lipinski definition) is 1. The van der Waals surface area contributed by atoms with Crippen LogP contribution < -0.4 is 0 Å². The Labute approximate surface area is 194 Å². The second-order valence-corrected chi connectivity index (χ2v) is 7.44. The Morgan fingerprint density at radius 2 is 2.03 bits per heavy atom. The zero-order chi connectivity index (χ0) is 21.8. The van der Waals surface area contributed by atoms with Crippen molar-refractivity contribution in [1.82, 2.24) is 14.3 Å². The molecule has 1 aliphatic rings. The molecule has 2 atom stereocenters. The second kappa shape index (κ2) is 11.0. The van der Waals surface area contributed by atoms with Gasteiger partial charge in [-0.05, 0) is 24.6 Å². The Balaban J connectivity index is 0.00000111. The van der Waals surface area contributed by atoms with E-state index in [0.717, 1.165) is 12.1 Å². The average Bonchev–Trinajstić information content (AvgIpc) is 3.38. The minimum atomic E-state index is -2.04. The molecular formula is C20H20F3N4O2SW-. The van der Waals surface area contributed by atoms with Crippen LogP contribution in [0.5, 0.6) is 0 Å². The van der Waals surface area contributed by atoms with Gasteiger partial charge in [-0.25, -0.2) is 22.5 Å². The van der Waals surface area contributed by atoms with Gasteiger partial charge in [-0.3, -0.25) is 9.00 Å². The van der Waals surface area contributed by atoms with E-state index in [1.165, 1.54) is 16.7 Å². The quantitative estimate of drug-likeness (QED) is 0.419. The third-order valence-corrected chi connectivity index (χ3v) is 5.61. The van der Waals surface area contributed by atoms with Crippen molar-refractivity contribution in [2.45, 2.75) is 26.4 Å². The maximum atomic E-state index is 14.9. The fourth-order valence-electron chi connectivity index (χ4n) is 3.07. The number of carbonyl (C=O) groups is 1. The molecule has 0 spiro atoms.